The lowest BCUT2D eigenvalue weighted by atomic mass is 9.83. The average Bonchev–Trinajstić information content (AvgIpc) is 3.17. The first-order chi connectivity index (χ1) is 19.3. The minimum Gasteiger partial charge on any atom is -0.344 e. The summed E-state index contributed by atoms with van der Waals surface area (Å²) < 4.78 is 31.4. The van der Waals surface area contributed by atoms with Gasteiger partial charge in [-0.15, -0.1) is 0 Å². The third-order valence-electron chi connectivity index (χ3n) is 6.60. The van der Waals surface area contributed by atoms with Crippen LogP contribution in [0.25, 0.3) is 0 Å². The summed E-state index contributed by atoms with van der Waals surface area (Å²) in [6.07, 6.45) is 0.00530. The summed E-state index contributed by atoms with van der Waals surface area (Å²) in [4.78, 5) is 66.3. The largest absolute Gasteiger partial charge is 0.344 e. The van der Waals surface area contributed by atoms with Crippen molar-refractivity contribution in [2.24, 2.45) is 17.8 Å². The van der Waals surface area contributed by atoms with Crippen LogP contribution in [0.2, 0.25) is 0 Å². The minimum absolute atomic E-state index is 0.0619. The standard InChI is InChI=1S/C27H32N4O9S/c1-16(2)12-20(21(24(33)30-37)14-31-26(35)18-10-6-7-11-19(18)27(31)36)23(32)29-22(13-17-8-4-3-5-9-17)25(34)28-15-41(38,39)40/h3-11,16,20-22,37H,12-15H2,1-2H3,(H,28,34)(H,29,32)(H,30,33)(H,38,39,40)/t20-,21?,22-/m1/s1. The molecule has 14 heteroatoms. The highest BCUT2D eigenvalue weighted by molar-refractivity contribution is 7.85. The Morgan fingerprint density at radius 1 is 0.854 bits per heavy atom. The molecule has 5 N–H and O–H groups in total. The summed E-state index contributed by atoms with van der Waals surface area (Å²) in [7, 11) is -4.56. The SMILES string of the molecule is CC(C)C[C@@H](C(=O)N[C@H](Cc1ccccc1)C(=O)NCS(=O)(=O)O)C(CN1C(=O)c2ccccc2C1=O)C(=O)NO. The zero-order valence-corrected chi connectivity index (χ0v) is 23.3. The number of carbonyl (C=O) groups excluding carboxylic acids is 5. The molecule has 220 valence electrons. The first kappa shape index (κ1) is 31.4. The summed E-state index contributed by atoms with van der Waals surface area (Å²) in [5.74, 6) is -7.92. The molecule has 1 heterocycles. The van der Waals surface area contributed by atoms with E-state index in [0.29, 0.717) is 5.56 Å². The number of amides is 5. The average molecular weight is 589 g/mol. The summed E-state index contributed by atoms with van der Waals surface area (Å²) >= 11 is 0. The molecule has 0 aromatic heterocycles. The van der Waals surface area contributed by atoms with Gasteiger partial charge < -0.3 is 10.6 Å². The van der Waals surface area contributed by atoms with Gasteiger partial charge in [-0.05, 0) is 30.0 Å². The van der Waals surface area contributed by atoms with Crippen molar-refractivity contribution in [2.75, 3.05) is 12.4 Å². The monoisotopic (exact) mass is 588 g/mol. The lowest BCUT2D eigenvalue weighted by Crippen LogP contribution is -2.54. The maximum atomic E-state index is 13.7. The van der Waals surface area contributed by atoms with Gasteiger partial charge in [0.25, 0.3) is 21.9 Å². The Morgan fingerprint density at radius 2 is 1.41 bits per heavy atom. The van der Waals surface area contributed by atoms with Crippen LogP contribution in [-0.2, 0) is 30.9 Å². The molecule has 0 fully saturated rings. The first-order valence-corrected chi connectivity index (χ1v) is 14.4. The molecule has 41 heavy (non-hydrogen) atoms. The summed E-state index contributed by atoms with van der Waals surface area (Å²) in [5.41, 5.74) is 2.42. The van der Waals surface area contributed by atoms with Crippen molar-refractivity contribution in [3.8, 4) is 0 Å². The van der Waals surface area contributed by atoms with E-state index in [1.54, 1.807) is 56.3 Å². The van der Waals surface area contributed by atoms with Crippen LogP contribution in [0.15, 0.2) is 54.6 Å². The van der Waals surface area contributed by atoms with E-state index < -0.39 is 70.0 Å². The molecule has 0 saturated carbocycles. The normalized spacial score (nSPS) is 15.2. The van der Waals surface area contributed by atoms with Crippen molar-refractivity contribution in [3.63, 3.8) is 0 Å². The number of carbonyl (C=O) groups is 5. The zero-order chi connectivity index (χ0) is 30.3. The molecule has 0 aliphatic carbocycles. The fourth-order valence-electron chi connectivity index (χ4n) is 4.66. The van der Waals surface area contributed by atoms with Crippen LogP contribution < -0.4 is 16.1 Å². The number of benzene rings is 2. The number of rotatable bonds is 13. The topological polar surface area (TPSA) is 199 Å². The number of hydrogen-bond acceptors (Lipinski definition) is 8. The third-order valence-corrected chi connectivity index (χ3v) is 7.11. The highest BCUT2D eigenvalue weighted by atomic mass is 32.2. The van der Waals surface area contributed by atoms with Crippen LogP contribution in [0.3, 0.4) is 0 Å². The number of fused-ring (bicyclic) bond motifs is 1. The summed E-state index contributed by atoms with van der Waals surface area (Å²) in [5, 5.41) is 14.1. The van der Waals surface area contributed by atoms with E-state index in [1.807, 2.05) is 0 Å². The Morgan fingerprint density at radius 3 is 1.93 bits per heavy atom. The predicted molar refractivity (Wildman–Crippen MR) is 145 cm³/mol. The fourth-order valence-corrected chi connectivity index (χ4v) is 4.99. The number of nitrogens with one attached hydrogen (secondary N) is 3. The number of hydrogen-bond donors (Lipinski definition) is 5. The van der Waals surface area contributed by atoms with Crippen molar-refractivity contribution in [3.05, 3.63) is 71.3 Å². The lowest BCUT2D eigenvalue weighted by molar-refractivity contribution is -0.142. The Labute approximate surface area is 237 Å². The van der Waals surface area contributed by atoms with Gasteiger partial charge in [-0.25, -0.2) is 5.48 Å². The molecule has 13 nitrogen and oxygen atoms in total. The van der Waals surface area contributed by atoms with Gasteiger partial charge >= 0.3 is 0 Å². The molecule has 5 amide bonds. The number of hydroxylamine groups is 1. The van der Waals surface area contributed by atoms with Gasteiger partial charge in [0.05, 0.1) is 23.0 Å². The van der Waals surface area contributed by atoms with Crippen molar-refractivity contribution in [1.82, 2.24) is 21.0 Å². The molecule has 2 aromatic rings. The number of imide groups is 1. The molecule has 0 bridgehead atoms. The van der Waals surface area contributed by atoms with E-state index in [4.69, 9.17) is 4.55 Å². The molecule has 3 rings (SSSR count). The van der Waals surface area contributed by atoms with E-state index in [-0.39, 0.29) is 29.9 Å². The van der Waals surface area contributed by atoms with Crippen molar-refractivity contribution >= 4 is 39.7 Å². The summed E-state index contributed by atoms with van der Waals surface area (Å²) in [6.45, 7) is 3.02. The Hall–Kier alpha value is -4.14. The summed E-state index contributed by atoms with van der Waals surface area (Å²) in [6, 6.07) is 13.3. The van der Waals surface area contributed by atoms with Crippen LogP contribution in [0, 0.1) is 17.8 Å². The molecule has 1 unspecified atom stereocenters. The van der Waals surface area contributed by atoms with Gasteiger partial charge in [0.1, 0.15) is 11.9 Å². The third kappa shape index (κ3) is 8.19. The van der Waals surface area contributed by atoms with E-state index in [9.17, 15) is 37.6 Å². The second kappa shape index (κ2) is 13.5. The molecular formula is C27H32N4O9S. The molecule has 3 atom stereocenters. The highest BCUT2D eigenvalue weighted by Gasteiger charge is 2.42. The first-order valence-electron chi connectivity index (χ1n) is 12.8. The Balaban J connectivity index is 1.91. The van der Waals surface area contributed by atoms with Gasteiger partial charge in [-0.2, -0.15) is 8.42 Å². The van der Waals surface area contributed by atoms with Gasteiger partial charge in [0, 0.05) is 13.0 Å². The van der Waals surface area contributed by atoms with Crippen LogP contribution in [0.1, 0.15) is 46.5 Å². The number of nitrogens with zero attached hydrogens (tertiary/aromatic N) is 1. The Kier molecular flexibility index (Phi) is 10.3. The van der Waals surface area contributed by atoms with Crippen LogP contribution >= 0.6 is 0 Å². The zero-order valence-electron chi connectivity index (χ0n) is 22.4. The van der Waals surface area contributed by atoms with Crippen LogP contribution in [0.5, 0.6) is 0 Å². The molecule has 1 aliphatic heterocycles. The molecule has 2 aromatic carbocycles. The molecule has 0 spiro atoms. The van der Waals surface area contributed by atoms with Crippen molar-refractivity contribution in [1.29, 1.82) is 0 Å². The smallest absolute Gasteiger partial charge is 0.283 e. The Bertz CT molecular complexity index is 1380. The maximum absolute atomic E-state index is 13.7. The van der Waals surface area contributed by atoms with Gasteiger partial charge in [0.2, 0.25) is 17.7 Å². The van der Waals surface area contributed by atoms with E-state index in [2.05, 4.69) is 10.6 Å². The molecule has 0 saturated heterocycles. The van der Waals surface area contributed by atoms with Crippen LogP contribution in [0.4, 0.5) is 0 Å². The van der Waals surface area contributed by atoms with Crippen LogP contribution in [-0.4, -0.2) is 71.1 Å². The van der Waals surface area contributed by atoms with Gasteiger partial charge in [-0.3, -0.25) is 38.6 Å². The minimum atomic E-state index is -4.56. The van der Waals surface area contributed by atoms with E-state index >= 15 is 0 Å². The fraction of sp³-hybridized carbons (Fsp3) is 0.370. The quantitative estimate of drug-likeness (QED) is 0.0970. The van der Waals surface area contributed by atoms with Gasteiger partial charge in [0.15, 0.2) is 0 Å². The lowest BCUT2D eigenvalue weighted by Gasteiger charge is -2.30. The predicted octanol–water partition coefficient (Wildman–Crippen LogP) is 0.756. The molecule has 1 aliphatic rings. The van der Waals surface area contributed by atoms with Crippen molar-refractivity contribution in [2.45, 2.75) is 32.7 Å². The van der Waals surface area contributed by atoms with Gasteiger partial charge in [-0.1, -0.05) is 56.3 Å². The van der Waals surface area contributed by atoms with E-state index in [0.717, 1.165) is 4.90 Å². The molecule has 0 radical (unpaired) electrons. The molecular weight excluding hydrogens is 556 g/mol. The second-order valence-electron chi connectivity index (χ2n) is 10.1. The maximum Gasteiger partial charge on any atom is 0.283 e. The van der Waals surface area contributed by atoms with Crippen molar-refractivity contribution < 1.29 is 42.2 Å². The van der Waals surface area contributed by atoms with E-state index in [1.165, 1.54) is 17.6 Å². The second-order valence-corrected chi connectivity index (χ2v) is 11.6. The highest BCUT2D eigenvalue weighted by Crippen LogP contribution is 2.28.